The summed E-state index contributed by atoms with van der Waals surface area (Å²) in [4.78, 5) is 24.5. The Balaban J connectivity index is 1.97. The number of aromatic nitrogens is 2. The number of nitrogen functional groups attached to an aromatic ring is 1. The van der Waals surface area contributed by atoms with Crippen LogP contribution in [0.3, 0.4) is 0 Å². The van der Waals surface area contributed by atoms with Crippen LogP contribution < -0.4 is 11.1 Å². The molecule has 0 fully saturated rings. The molecule has 0 saturated heterocycles. The van der Waals surface area contributed by atoms with Crippen LogP contribution in [-0.4, -0.2) is 21.6 Å². The van der Waals surface area contributed by atoms with Crippen LogP contribution in [0.4, 0.5) is 5.82 Å². The highest BCUT2D eigenvalue weighted by Gasteiger charge is 2.33. The number of hydrogen-bond acceptors (Lipinski definition) is 4. The fraction of sp³-hybridized carbons (Fsp3) is 0.316. The molecule has 130 valence electrons. The van der Waals surface area contributed by atoms with Crippen molar-refractivity contribution in [2.45, 2.75) is 39.0 Å². The molecule has 0 atom stereocenters. The van der Waals surface area contributed by atoms with Gasteiger partial charge in [-0.25, -0.2) is 4.68 Å². The summed E-state index contributed by atoms with van der Waals surface area (Å²) in [6.07, 6.45) is 7.09. The first-order valence-corrected chi connectivity index (χ1v) is 8.63. The van der Waals surface area contributed by atoms with Gasteiger partial charge >= 0.3 is 0 Å². The van der Waals surface area contributed by atoms with Crippen LogP contribution in [0.25, 0.3) is 11.3 Å². The smallest absolute Gasteiger partial charge is 0.264 e. The Bertz CT molecular complexity index is 821. The minimum absolute atomic E-state index is 0.239. The van der Waals surface area contributed by atoms with Crippen LogP contribution in [0.1, 0.15) is 55.1 Å². The maximum Gasteiger partial charge on any atom is 0.264 e. The fourth-order valence-electron chi connectivity index (χ4n) is 2.96. The van der Waals surface area contributed by atoms with Crippen molar-refractivity contribution in [3.8, 4) is 5.69 Å². The Morgan fingerprint density at radius 2 is 1.88 bits per heavy atom. The number of fused-ring (bicyclic) bond motifs is 1. The third-order valence-corrected chi connectivity index (χ3v) is 4.28. The van der Waals surface area contributed by atoms with Crippen molar-refractivity contribution in [1.29, 1.82) is 0 Å². The number of carbonyl (C=O) groups excluding carboxylic acids is 2. The predicted molar refractivity (Wildman–Crippen MR) is 97.2 cm³/mol. The van der Waals surface area contributed by atoms with E-state index in [4.69, 9.17) is 5.73 Å². The van der Waals surface area contributed by atoms with Crippen molar-refractivity contribution in [2.24, 2.45) is 0 Å². The van der Waals surface area contributed by atoms with E-state index in [1.807, 2.05) is 36.4 Å². The third kappa shape index (κ3) is 3.33. The molecule has 2 heterocycles. The molecule has 1 aromatic heterocycles. The standard InChI is InChI=1S/C19H22N4O2/c1-2-3-4-5-9-12-14-16-15(19(25)21-18(14)24)17(20)23(22-16)13-10-7-6-8-11-13/h6-8,10-12H,2-5,9,20H2,1H3,(H,21,24,25)/b14-12+. The molecular formula is C19H22N4O2. The average Bonchev–Trinajstić information content (AvgIpc) is 2.96. The molecule has 1 aromatic carbocycles. The Labute approximate surface area is 146 Å². The number of nitrogens with one attached hydrogen (secondary N) is 1. The molecule has 3 rings (SSSR count). The summed E-state index contributed by atoms with van der Waals surface area (Å²) in [6.45, 7) is 2.16. The van der Waals surface area contributed by atoms with Crippen molar-refractivity contribution >= 4 is 23.2 Å². The predicted octanol–water partition coefficient (Wildman–Crippen LogP) is 3.08. The molecular weight excluding hydrogens is 316 g/mol. The quantitative estimate of drug-likeness (QED) is 0.481. The maximum atomic E-state index is 12.3. The van der Waals surface area contributed by atoms with Crippen molar-refractivity contribution < 1.29 is 9.59 Å². The second-order valence-electron chi connectivity index (χ2n) is 6.11. The highest BCUT2D eigenvalue weighted by molar-refractivity contribution is 6.31. The normalized spacial score (nSPS) is 15.3. The van der Waals surface area contributed by atoms with Gasteiger partial charge in [0.1, 0.15) is 17.1 Å². The Morgan fingerprint density at radius 1 is 1.12 bits per heavy atom. The van der Waals surface area contributed by atoms with Gasteiger partial charge in [0.15, 0.2) is 0 Å². The van der Waals surface area contributed by atoms with E-state index in [1.54, 1.807) is 0 Å². The zero-order chi connectivity index (χ0) is 17.8. The SMILES string of the molecule is CCCCCC/C=C1/C(=O)NC(=O)c2c1nn(-c1ccccc1)c2N. The number of benzene rings is 1. The molecule has 25 heavy (non-hydrogen) atoms. The van der Waals surface area contributed by atoms with Crippen LogP contribution in [0.15, 0.2) is 36.4 Å². The van der Waals surface area contributed by atoms with Crippen molar-refractivity contribution in [1.82, 2.24) is 15.1 Å². The van der Waals surface area contributed by atoms with Crippen molar-refractivity contribution in [3.63, 3.8) is 0 Å². The van der Waals surface area contributed by atoms with Gasteiger partial charge in [0.2, 0.25) is 0 Å². The highest BCUT2D eigenvalue weighted by Crippen LogP contribution is 2.30. The van der Waals surface area contributed by atoms with E-state index in [9.17, 15) is 9.59 Å². The largest absolute Gasteiger partial charge is 0.383 e. The zero-order valence-corrected chi connectivity index (χ0v) is 14.3. The Morgan fingerprint density at radius 3 is 2.60 bits per heavy atom. The molecule has 1 aliphatic heterocycles. The van der Waals surface area contributed by atoms with E-state index in [2.05, 4.69) is 17.3 Å². The summed E-state index contributed by atoms with van der Waals surface area (Å²) in [6, 6.07) is 9.32. The van der Waals surface area contributed by atoms with E-state index in [-0.39, 0.29) is 11.4 Å². The molecule has 3 N–H and O–H groups in total. The van der Waals surface area contributed by atoms with E-state index >= 15 is 0 Å². The first kappa shape index (κ1) is 17.0. The van der Waals surface area contributed by atoms with Gasteiger partial charge in [-0.3, -0.25) is 14.9 Å². The van der Waals surface area contributed by atoms with E-state index in [0.29, 0.717) is 11.3 Å². The molecule has 0 unspecified atom stereocenters. The van der Waals surface area contributed by atoms with Gasteiger partial charge in [0.25, 0.3) is 11.8 Å². The molecule has 1 aliphatic rings. The summed E-state index contributed by atoms with van der Waals surface area (Å²) in [5.74, 6) is -0.670. The number of allylic oxidation sites excluding steroid dienone is 1. The summed E-state index contributed by atoms with van der Waals surface area (Å²) < 4.78 is 1.51. The molecule has 0 bridgehead atoms. The summed E-state index contributed by atoms with van der Waals surface area (Å²) in [5.41, 5.74) is 7.95. The molecule has 0 aliphatic carbocycles. The van der Waals surface area contributed by atoms with E-state index in [1.165, 1.54) is 11.1 Å². The van der Waals surface area contributed by atoms with Gasteiger partial charge in [0, 0.05) is 0 Å². The zero-order valence-electron chi connectivity index (χ0n) is 14.3. The van der Waals surface area contributed by atoms with Gasteiger partial charge in [-0.15, -0.1) is 0 Å². The third-order valence-electron chi connectivity index (χ3n) is 4.28. The number of nitrogens with zero attached hydrogens (tertiary/aromatic N) is 2. The Kier molecular flexibility index (Phi) is 4.97. The molecule has 2 aromatic rings. The lowest BCUT2D eigenvalue weighted by molar-refractivity contribution is -0.114. The minimum atomic E-state index is -0.497. The van der Waals surface area contributed by atoms with Crippen LogP contribution in [0.2, 0.25) is 0 Å². The number of unbranched alkanes of at least 4 members (excludes halogenated alkanes) is 4. The number of para-hydroxylation sites is 1. The Hall–Kier alpha value is -2.89. The molecule has 0 radical (unpaired) electrons. The lowest BCUT2D eigenvalue weighted by Crippen LogP contribution is -2.36. The van der Waals surface area contributed by atoms with Gasteiger partial charge < -0.3 is 5.73 Å². The van der Waals surface area contributed by atoms with Crippen LogP contribution >= 0.6 is 0 Å². The molecule has 6 nitrogen and oxygen atoms in total. The van der Waals surface area contributed by atoms with Gasteiger partial charge in [-0.2, -0.15) is 5.10 Å². The molecule has 0 spiro atoms. The molecule has 0 saturated carbocycles. The maximum absolute atomic E-state index is 12.3. The number of amides is 2. The van der Waals surface area contributed by atoms with Crippen LogP contribution in [0, 0.1) is 0 Å². The van der Waals surface area contributed by atoms with E-state index in [0.717, 1.165) is 31.4 Å². The summed E-state index contributed by atoms with van der Waals surface area (Å²) >= 11 is 0. The highest BCUT2D eigenvalue weighted by atomic mass is 16.2. The number of anilines is 1. The van der Waals surface area contributed by atoms with Crippen LogP contribution in [0.5, 0.6) is 0 Å². The van der Waals surface area contributed by atoms with Gasteiger partial charge in [-0.1, -0.05) is 50.5 Å². The number of carbonyl (C=O) groups is 2. The minimum Gasteiger partial charge on any atom is -0.383 e. The lowest BCUT2D eigenvalue weighted by Gasteiger charge is -2.13. The number of rotatable bonds is 6. The second kappa shape index (κ2) is 7.34. The first-order chi connectivity index (χ1) is 12.1. The first-order valence-electron chi connectivity index (χ1n) is 8.63. The van der Waals surface area contributed by atoms with Crippen LogP contribution in [-0.2, 0) is 4.79 Å². The molecule has 2 amide bonds. The number of nitrogens with two attached hydrogens (primary N) is 1. The van der Waals surface area contributed by atoms with Crippen molar-refractivity contribution in [2.75, 3.05) is 5.73 Å². The average molecular weight is 338 g/mol. The fourth-order valence-corrected chi connectivity index (χ4v) is 2.96. The number of imide groups is 1. The molecule has 6 heteroatoms. The second-order valence-corrected chi connectivity index (χ2v) is 6.11. The summed E-state index contributed by atoms with van der Waals surface area (Å²) in [7, 11) is 0. The lowest BCUT2D eigenvalue weighted by atomic mass is 10.00. The summed E-state index contributed by atoms with van der Waals surface area (Å²) in [5, 5.41) is 6.82. The van der Waals surface area contributed by atoms with Crippen molar-refractivity contribution in [3.05, 3.63) is 47.7 Å². The van der Waals surface area contributed by atoms with E-state index < -0.39 is 11.8 Å². The topological polar surface area (TPSA) is 90.0 Å². The van der Waals surface area contributed by atoms with Gasteiger partial charge in [-0.05, 0) is 25.0 Å². The van der Waals surface area contributed by atoms with Gasteiger partial charge in [0.05, 0.1) is 11.3 Å². The number of hydrogen-bond donors (Lipinski definition) is 2. The monoisotopic (exact) mass is 338 g/mol.